The van der Waals surface area contributed by atoms with E-state index in [1.54, 1.807) is 56.9 Å². The maximum absolute atomic E-state index is 7.32. The molecule has 1 aliphatic rings. The van der Waals surface area contributed by atoms with Crippen LogP contribution >= 0.6 is 34.8 Å². The molecule has 0 aromatic heterocycles. The van der Waals surface area contributed by atoms with Crippen LogP contribution in [0, 0.1) is 0 Å². The van der Waals surface area contributed by atoms with Gasteiger partial charge in [0, 0.05) is 95.3 Å². The first-order valence-electron chi connectivity index (χ1n) is 22.1. The molecule has 384 valence electrons. The molecule has 6 aromatic carbocycles. The van der Waals surface area contributed by atoms with Gasteiger partial charge >= 0.3 is 53.8 Å². The van der Waals surface area contributed by atoms with Crippen LogP contribution in [-0.4, -0.2) is 109 Å². The Hall–Kier alpha value is -2.99. The summed E-state index contributed by atoms with van der Waals surface area (Å²) in [6.07, 6.45) is 0. The monoisotopic (exact) mass is 1130 g/mol. The van der Waals surface area contributed by atoms with E-state index in [1.807, 2.05) is 177 Å². The SMILES string of the molecule is C.CO[Si](OC)(OC)c1ccc(CCl)cc1.CO[Si](OC)(OC)c1ccccc1.CO[Si]1(c2ccccc2)O[Si](C)(c2ccc(CCl)cc2)O[Si](C)(c2ccccc2)O[Si](OC)(c2ccc(CCl)cc2)O1.[H+]. The molecule has 4 unspecified atom stereocenters. The van der Waals surface area contributed by atoms with E-state index in [2.05, 4.69) is 0 Å². The van der Waals surface area contributed by atoms with Gasteiger partial charge in [-0.05, 0) is 40.2 Å². The van der Waals surface area contributed by atoms with Gasteiger partial charge in [0.1, 0.15) is 0 Å². The van der Waals surface area contributed by atoms with E-state index in [9.17, 15) is 0 Å². The first-order valence-corrected chi connectivity index (χ1v) is 35.2. The van der Waals surface area contributed by atoms with Crippen molar-refractivity contribution in [2.75, 3.05) is 56.9 Å². The first kappa shape index (κ1) is 60.6. The Kier molecular flexibility index (Phi) is 23.9. The van der Waals surface area contributed by atoms with Crippen LogP contribution in [0.5, 0.6) is 0 Å². The molecular weight excluding hydrogens is 1070 g/mol. The summed E-state index contributed by atoms with van der Waals surface area (Å²) in [5.74, 6) is 1.30. The van der Waals surface area contributed by atoms with Gasteiger partial charge in [-0.15, -0.1) is 34.8 Å². The van der Waals surface area contributed by atoms with E-state index < -0.39 is 52.3 Å². The summed E-state index contributed by atoms with van der Waals surface area (Å²) < 4.78 is 73.8. The number of halogens is 3. The first-order chi connectivity index (χ1) is 33.7. The Morgan fingerprint density at radius 3 is 0.986 bits per heavy atom. The number of hydrogen-bond acceptors (Lipinski definition) is 12. The molecule has 0 aliphatic carbocycles. The van der Waals surface area contributed by atoms with Gasteiger partial charge in [0.25, 0.3) is 0 Å². The van der Waals surface area contributed by atoms with Gasteiger partial charge in [-0.25, -0.2) is 0 Å². The molecule has 0 N–H and O–H groups in total. The molecule has 0 spiro atoms. The molecule has 0 radical (unpaired) electrons. The second-order valence-corrected chi connectivity index (χ2v) is 34.8. The van der Waals surface area contributed by atoms with Crippen LogP contribution in [-0.2, 0) is 69.5 Å². The summed E-state index contributed by atoms with van der Waals surface area (Å²) in [6.45, 7) is 4.06. The summed E-state index contributed by atoms with van der Waals surface area (Å²) in [4.78, 5) is 0. The normalized spacial score (nSPS) is 21.3. The second-order valence-electron chi connectivity index (χ2n) is 15.7. The highest BCUT2D eigenvalue weighted by molar-refractivity contribution is 7.03. The second kappa shape index (κ2) is 28.1. The Morgan fingerprint density at radius 1 is 0.366 bits per heavy atom. The van der Waals surface area contributed by atoms with Crippen molar-refractivity contribution >= 4 is 118 Å². The van der Waals surface area contributed by atoms with Crippen molar-refractivity contribution in [1.82, 2.24) is 0 Å². The molecule has 71 heavy (non-hydrogen) atoms. The third kappa shape index (κ3) is 14.2. The molecule has 21 heteroatoms. The van der Waals surface area contributed by atoms with E-state index >= 15 is 0 Å². The lowest BCUT2D eigenvalue weighted by atomic mass is 10.2. The summed E-state index contributed by atoms with van der Waals surface area (Å²) in [7, 11) is -6.62. The Balaban J connectivity index is 0.000000373. The zero-order valence-electron chi connectivity index (χ0n) is 42.2. The van der Waals surface area contributed by atoms with E-state index in [-0.39, 0.29) is 8.85 Å². The molecule has 0 saturated carbocycles. The molecule has 1 saturated heterocycles. The topological polar surface area (TPSA) is 111 Å². The zero-order chi connectivity index (χ0) is 50.9. The molecule has 6 aromatic rings. The predicted molar refractivity (Wildman–Crippen MR) is 300 cm³/mol. The van der Waals surface area contributed by atoms with Crippen LogP contribution in [0.25, 0.3) is 0 Å². The largest absolute Gasteiger partial charge is 1.00 e. The molecule has 1 aliphatic heterocycles. The van der Waals surface area contributed by atoms with Crippen molar-refractivity contribution in [2.45, 2.75) is 38.2 Å². The van der Waals surface area contributed by atoms with Crippen molar-refractivity contribution in [2.24, 2.45) is 0 Å². The molecule has 12 nitrogen and oxygen atoms in total. The average molecular weight is 1140 g/mol. The van der Waals surface area contributed by atoms with Crippen molar-refractivity contribution in [3.05, 3.63) is 180 Å². The fraction of sp³-hybridized carbons (Fsp3) is 0.280. The summed E-state index contributed by atoms with van der Waals surface area (Å²) in [5, 5.41) is 5.31. The molecule has 0 bridgehead atoms. The van der Waals surface area contributed by atoms with Crippen molar-refractivity contribution in [1.29, 1.82) is 0 Å². The standard InChI is InChI=1S/C30H34Cl2O6Si4.C10H15ClO3Si.C9H14O3Si.CH4/c1-33-41(29-13-9-6-10-14-29)37-40(4,28-19-15-25(23-31)16-20-28)35-39(3,27-11-7-5-8-12-27)36-42(34-2,38-41)30-21-17-26(24-32)18-22-30;1-12-15(13-2,14-3)10-6-4-9(8-11)5-7-10;1-10-13(11-2,12-3)9-7-5-4-6-8-9;/h5-22H,23-24H2,1-4H3;4-7H,8H2,1-3H3;4-8H,1-3H3;1H4/p+1. The maximum Gasteiger partial charge on any atom is 1.00 e. The van der Waals surface area contributed by atoms with E-state index in [4.69, 9.17) is 86.7 Å². The highest BCUT2D eigenvalue weighted by Gasteiger charge is 2.65. The lowest BCUT2D eigenvalue weighted by Gasteiger charge is -2.49. The Bertz CT molecular complexity index is 2450. The highest BCUT2D eigenvalue weighted by atomic mass is 35.5. The summed E-state index contributed by atoms with van der Waals surface area (Å²) >= 11 is 18.0. The quantitative estimate of drug-likeness (QED) is 0.0666. The molecule has 1 heterocycles. The van der Waals surface area contributed by atoms with Crippen LogP contribution in [0.15, 0.2) is 164 Å². The van der Waals surface area contributed by atoms with E-state index in [0.717, 1.165) is 47.8 Å². The minimum absolute atomic E-state index is 0. The zero-order valence-corrected chi connectivity index (χ0v) is 49.5. The number of benzene rings is 6. The minimum Gasteiger partial charge on any atom is -0.409 e. The summed E-state index contributed by atoms with van der Waals surface area (Å²) in [5.41, 5.74) is 3.04. The average Bonchev–Trinajstić information content (AvgIpc) is 3.42. The minimum atomic E-state index is -3.78. The number of rotatable bonds is 17. The van der Waals surface area contributed by atoms with E-state index in [0.29, 0.717) is 17.6 Å². The van der Waals surface area contributed by atoms with Gasteiger partial charge in [-0.2, -0.15) is 0 Å². The van der Waals surface area contributed by atoms with Crippen molar-refractivity contribution in [3.63, 3.8) is 0 Å². The van der Waals surface area contributed by atoms with Crippen LogP contribution in [0.3, 0.4) is 0 Å². The van der Waals surface area contributed by atoms with Crippen LogP contribution < -0.4 is 31.1 Å². The Morgan fingerprint density at radius 2 is 0.648 bits per heavy atom. The van der Waals surface area contributed by atoms with Gasteiger partial charge < -0.3 is 51.9 Å². The van der Waals surface area contributed by atoms with Gasteiger partial charge in [0.05, 0.1) is 0 Å². The lowest BCUT2D eigenvalue weighted by Crippen LogP contribution is -2.80. The fourth-order valence-corrected chi connectivity index (χ4v) is 30.8. The van der Waals surface area contributed by atoms with Gasteiger partial charge in [-0.3, -0.25) is 0 Å². The smallest absolute Gasteiger partial charge is 0.409 e. The Labute approximate surface area is 444 Å². The van der Waals surface area contributed by atoms with Crippen LogP contribution in [0.2, 0.25) is 13.1 Å². The van der Waals surface area contributed by atoms with Crippen LogP contribution in [0.4, 0.5) is 0 Å². The molecular formula is C50H68Cl3O12Si6+. The lowest BCUT2D eigenvalue weighted by molar-refractivity contribution is 0.117. The highest BCUT2D eigenvalue weighted by Crippen LogP contribution is 2.32. The molecule has 4 atom stereocenters. The predicted octanol–water partition coefficient (Wildman–Crippen LogP) is 7.52. The van der Waals surface area contributed by atoms with Crippen molar-refractivity contribution < 1.29 is 53.3 Å². The van der Waals surface area contributed by atoms with Gasteiger partial charge in [-0.1, -0.05) is 171 Å². The summed E-state index contributed by atoms with van der Waals surface area (Å²) in [6, 6.07) is 53.1. The van der Waals surface area contributed by atoms with Gasteiger partial charge in [0.15, 0.2) is 0 Å². The third-order valence-electron chi connectivity index (χ3n) is 11.6. The van der Waals surface area contributed by atoms with Crippen LogP contribution in [0.1, 0.15) is 25.5 Å². The molecule has 0 amide bonds. The third-order valence-corrected chi connectivity index (χ3v) is 34.3. The number of hydrogen-bond donors (Lipinski definition) is 0. The van der Waals surface area contributed by atoms with E-state index in [1.165, 1.54) is 0 Å². The maximum atomic E-state index is 7.32. The fourth-order valence-electron chi connectivity index (χ4n) is 7.74. The van der Waals surface area contributed by atoms with Crippen molar-refractivity contribution in [3.8, 4) is 0 Å². The van der Waals surface area contributed by atoms with Gasteiger partial charge in [0.2, 0.25) is 0 Å². The molecule has 1 fully saturated rings. The number of alkyl halides is 3. The molecule has 7 rings (SSSR count).